The summed E-state index contributed by atoms with van der Waals surface area (Å²) in [6.07, 6.45) is -3.37. The third kappa shape index (κ3) is 6.16. The number of amides is 1. The second kappa shape index (κ2) is 9.00. The molecule has 0 bridgehead atoms. The van der Waals surface area contributed by atoms with Gasteiger partial charge in [0.25, 0.3) is 0 Å². The van der Waals surface area contributed by atoms with E-state index in [2.05, 4.69) is 15.5 Å². The fourth-order valence-electron chi connectivity index (χ4n) is 2.31. The molecule has 152 valence electrons. The largest absolute Gasteiger partial charge is 0.490 e. The van der Waals surface area contributed by atoms with Crippen molar-refractivity contribution >= 4 is 17.6 Å². The van der Waals surface area contributed by atoms with Crippen LogP contribution in [0.3, 0.4) is 0 Å². The average Bonchev–Trinajstić information content (AvgIpc) is 3.11. The molecule has 29 heavy (non-hydrogen) atoms. The normalized spacial score (nSPS) is 10.7. The van der Waals surface area contributed by atoms with Crippen molar-refractivity contribution in [2.75, 3.05) is 5.32 Å². The number of carboxylic acids is 1. The van der Waals surface area contributed by atoms with Gasteiger partial charge in [-0.1, -0.05) is 12.1 Å². The third-order valence-corrected chi connectivity index (χ3v) is 3.51. The number of nitrogens with zero attached hydrogens (tertiary/aromatic N) is 1. The van der Waals surface area contributed by atoms with Crippen molar-refractivity contribution in [3.8, 4) is 22.4 Å². The van der Waals surface area contributed by atoms with Crippen LogP contribution in [0.2, 0.25) is 0 Å². The molecule has 6 nitrogen and oxygen atoms in total. The number of alkyl halides is 3. The number of aliphatic carboxylic acids is 1. The number of aromatic amines is 1. The minimum atomic E-state index is -5.08. The highest BCUT2D eigenvalue weighted by Gasteiger charge is 2.38. The molecule has 2 aromatic carbocycles. The summed E-state index contributed by atoms with van der Waals surface area (Å²) in [7, 11) is 0. The van der Waals surface area contributed by atoms with Gasteiger partial charge in [0.1, 0.15) is 5.82 Å². The summed E-state index contributed by atoms with van der Waals surface area (Å²) >= 11 is 0. The number of carbonyl (C=O) groups excluding carboxylic acids is 1. The number of hydrogen-bond donors (Lipinski definition) is 3. The smallest absolute Gasteiger partial charge is 0.475 e. The topological polar surface area (TPSA) is 95.1 Å². The van der Waals surface area contributed by atoms with Crippen molar-refractivity contribution in [1.82, 2.24) is 10.2 Å². The van der Waals surface area contributed by atoms with Gasteiger partial charge in [0.2, 0.25) is 5.91 Å². The zero-order valence-electron chi connectivity index (χ0n) is 14.9. The number of halogens is 4. The van der Waals surface area contributed by atoms with E-state index < -0.39 is 12.1 Å². The molecule has 0 radical (unpaired) electrons. The average molecular weight is 409 g/mol. The van der Waals surface area contributed by atoms with Crippen molar-refractivity contribution in [2.45, 2.75) is 13.1 Å². The summed E-state index contributed by atoms with van der Waals surface area (Å²) in [6.45, 7) is 1.47. The molecule has 0 aliphatic rings. The van der Waals surface area contributed by atoms with Crippen molar-refractivity contribution in [3.63, 3.8) is 0 Å². The van der Waals surface area contributed by atoms with E-state index in [0.717, 1.165) is 28.1 Å². The van der Waals surface area contributed by atoms with E-state index in [0.29, 0.717) is 0 Å². The van der Waals surface area contributed by atoms with Gasteiger partial charge in [-0.15, -0.1) is 0 Å². The first kappa shape index (κ1) is 21.6. The molecule has 0 fully saturated rings. The Kier molecular flexibility index (Phi) is 6.71. The number of nitrogens with one attached hydrogen (secondary N) is 2. The Labute approximate surface area is 162 Å². The maximum absolute atomic E-state index is 13.1. The Morgan fingerprint density at radius 2 is 1.69 bits per heavy atom. The third-order valence-electron chi connectivity index (χ3n) is 3.51. The molecule has 3 rings (SSSR count). The minimum absolute atomic E-state index is 0.122. The van der Waals surface area contributed by atoms with Crippen LogP contribution >= 0.6 is 0 Å². The molecular weight excluding hydrogens is 394 g/mol. The predicted molar refractivity (Wildman–Crippen MR) is 97.4 cm³/mol. The number of anilines is 1. The zero-order valence-corrected chi connectivity index (χ0v) is 14.9. The summed E-state index contributed by atoms with van der Waals surface area (Å²) in [5.41, 5.74) is 4.17. The molecule has 0 aliphatic carbocycles. The molecule has 0 saturated heterocycles. The van der Waals surface area contributed by atoms with Gasteiger partial charge in [0.15, 0.2) is 0 Å². The Morgan fingerprint density at radius 3 is 2.24 bits per heavy atom. The maximum atomic E-state index is 13.1. The predicted octanol–water partition coefficient (Wildman–Crippen LogP) is 4.47. The number of carboxylic acid groups (broad SMARTS) is 1. The first-order chi connectivity index (χ1) is 13.6. The van der Waals surface area contributed by atoms with Crippen LogP contribution < -0.4 is 5.32 Å². The van der Waals surface area contributed by atoms with Crippen molar-refractivity contribution in [2.24, 2.45) is 0 Å². The monoisotopic (exact) mass is 409 g/mol. The molecule has 1 heterocycles. The van der Waals surface area contributed by atoms with Crippen molar-refractivity contribution in [3.05, 3.63) is 60.5 Å². The lowest BCUT2D eigenvalue weighted by molar-refractivity contribution is -0.192. The van der Waals surface area contributed by atoms with Gasteiger partial charge in [0.05, 0.1) is 11.9 Å². The van der Waals surface area contributed by atoms with Crippen LogP contribution in [0.15, 0.2) is 54.7 Å². The summed E-state index contributed by atoms with van der Waals surface area (Å²) < 4.78 is 44.8. The number of H-pyrrole nitrogens is 1. The second-order valence-corrected chi connectivity index (χ2v) is 5.73. The summed E-state index contributed by atoms with van der Waals surface area (Å²) in [5.74, 6) is -3.16. The summed E-state index contributed by atoms with van der Waals surface area (Å²) in [6, 6.07) is 13.7. The molecule has 3 N–H and O–H groups in total. The standard InChI is InChI=1S/C17H14FN3O.C2HF3O2/c1-11(22)20-15-4-2-3-13(9-15)16-10-19-21-17(16)12-5-7-14(18)8-6-12;3-2(4,5)1(6)7/h2-10H,1H3,(H,19,21)(H,20,22);(H,6,7). The molecule has 3 aromatic rings. The zero-order chi connectivity index (χ0) is 21.6. The Bertz CT molecular complexity index is 998. The molecule has 1 amide bonds. The number of carbonyl (C=O) groups is 2. The van der Waals surface area contributed by atoms with Crippen LogP contribution in [-0.4, -0.2) is 33.4 Å². The first-order valence-electron chi connectivity index (χ1n) is 8.05. The summed E-state index contributed by atoms with van der Waals surface area (Å²) in [4.78, 5) is 20.1. The molecule has 0 unspecified atom stereocenters. The highest BCUT2D eigenvalue weighted by molar-refractivity contribution is 5.90. The van der Waals surface area contributed by atoms with Crippen LogP contribution in [0.5, 0.6) is 0 Å². The van der Waals surface area contributed by atoms with Crippen molar-refractivity contribution < 1.29 is 32.3 Å². The maximum Gasteiger partial charge on any atom is 0.490 e. The van der Waals surface area contributed by atoms with Gasteiger partial charge in [-0.3, -0.25) is 9.89 Å². The molecule has 1 aromatic heterocycles. The quantitative estimate of drug-likeness (QED) is 0.556. The summed E-state index contributed by atoms with van der Waals surface area (Å²) in [5, 5.41) is 16.9. The molecule has 0 spiro atoms. The van der Waals surface area contributed by atoms with E-state index >= 15 is 0 Å². The van der Waals surface area contributed by atoms with Gasteiger partial charge < -0.3 is 10.4 Å². The fraction of sp³-hybridized carbons (Fsp3) is 0.105. The lowest BCUT2D eigenvalue weighted by atomic mass is 10.0. The molecular formula is C19H15F4N3O3. The Hall–Kier alpha value is -3.69. The number of rotatable bonds is 3. The van der Waals surface area contributed by atoms with Crippen LogP contribution in [0.4, 0.5) is 23.2 Å². The second-order valence-electron chi connectivity index (χ2n) is 5.73. The van der Waals surface area contributed by atoms with Gasteiger partial charge in [-0.05, 0) is 42.0 Å². The van der Waals surface area contributed by atoms with E-state index in [-0.39, 0.29) is 11.7 Å². The van der Waals surface area contributed by atoms with Gasteiger partial charge in [-0.2, -0.15) is 18.3 Å². The van der Waals surface area contributed by atoms with Crippen LogP contribution in [0.1, 0.15) is 6.92 Å². The van der Waals surface area contributed by atoms with E-state index in [9.17, 15) is 22.4 Å². The van der Waals surface area contributed by atoms with Gasteiger partial charge in [0, 0.05) is 23.7 Å². The first-order valence-corrected chi connectivity index (χ1v) is 8.05. The van der Waals surface area contributed by atoms with E-state index in [4.69, 9.17) is 9.90 Å². The van der Waals surface area contributed by atoms with Crippen LogP contribution in [0.25, 0.3) is 22.4 Å². The van der Waals surface area contributed by atoms with Gasteiger partial charge in [-0.25, -0.2) is 9.18 Å². The Morgan fingerprint density at radius 1 is 1.07 bits per heavy atom. The molecule has 0 saturated carbocycles. The van der Waals surface area contributed by atoms with E-state index in [1.165, 1.54) is 19.1 Å². The molecule has 0 aliphatic heterocycles. The highest BCUT2D eigenvalue weighted by Crippen LogP contribution is 2.31. The number of benzene rings is 2. The lowest BCUT2D eigenvalue weighted by Gasteiger charge is -2.07. The number of hydrogen-bond acceptors (Lipinski definition) is 3. The van der Waals surface area contributed by atoms with Crippen LogP contribution in [0, 0.1) is 5.82 Å². The number of aromatic nitrogens is 2. The minimum Gasteiger partial charge on any atom is -0.475 e. The van der Waals surface area contributed by atoms with Gasteiger partial charge >= 0.3 is 12.1 Å². The highest BCUT2D eigenvalue weighted by atomic mass is 19.4. The Balaban J connectivity index is 0.000000370. The molecule has 10 heteroatoms. The SMILES string of the molecule is CC(=O)Nc1cccc(-c2cn[nH]c2-c2ccc(F)cc2)c1.O=C(O)C(F)(F)F. The van der Waals surface area contributed by atoms with Crippen molar-refractivity contribution in [1.29, 1.82) is 0 Å². The van der Waals surface area contributed by atoms with E-state index in [1.807, 2.05) is 24.3 Å². The lowest BCUT2D eigenvalue weighted by Crippen LogP contribution is -2.21. The van der Waals surface area contributed by atoms with E-state index in [1.54, 1.807) is 18.3 Å². The van der Waals surface area contributed by atoms with Crippen LogP contribution in [-0.2, 0) is 9.59 Å². The fourth-order valence-corrected chi connectivity index (χ4v) is 2.31. The molecule has 0 atom stereocenters.